The molecule has 2 heterocycles. The van der Waals surface area contributed by atoms with Gasteiger partial charge >= 0.3 is 0 Å². The minimum absolute atomic E-state index is 0.822. The van der Waals surface area contributed by atoms with Crippen LogP contribution in [0.5, 0.6) is 0 Å². The molecule has 0 aliphatic carbocycles. The number of hydrogen-bond acceptors (Lipinski definition) is 3. The average Bonchev–Trinajstić information content (AvgIpc) is 3.09. The maximum absolute atomic E-state index is 4.41. The molecule has 0 bridgehead atoms. The van der Waals surface area contributed by atoms with Gasteiger partial charge in [-0.05, 0) is 29.4 Å². The van der Waals surface area contributed by atoms with Gasteiger partial charge in [0, 0.05) is 12.7 Å². The van der Waals surface area contributed by atoms with Crippen molar-refractivity contribution in [2.45, 2.75) is 13.0 Å². The second kappa shape index (κ2) is 6.15. The van der Waals surface area contributed by atoms with E-state index >= 15 is 0 Å². The summed E-state index contributed by atoms with van der Waals surface area (Å²) < 4.78 is 1.99. The van der Waals surface area contributed by atoms with E-state index < -0.39 is 0 Å². The maximum Gasteiger partial charge on any atom is 0.0726 e. The largest absolute Gasteiger partial charge is 0.382 e. The van der Waals surface area contributed by atoms with E-state index in [1.54, 1.807) is 0 Å². The Morgan fingerprint density at radius 2 is 2.21 bits per heavy atom. The van der Waals surface area contributed by atoms with Gasteiger partial charge in [-0.2, -0.15) is 16.9 Å². The lowest BCUT2D eigenvalue weighted by molar-refractivity contribution is 0.631. The topological polar surface area (TPSA) is 29.9 Å². The number of rotatable bonds is 5. The van der Waals surface area contributed by atoms with Crippen molar-refractivity contribution in [2.75, 3.05) is 23.4 Å². The predicted molar refractivity (Wildman–Crippen MR) is 81.7 cm³/mol. The summed E-state index contributed by atoms with van der Waals surface area (Å²) >= 11 is 2.06. The van der Waals surface area contributed by atoms with Crippen molar-refractivity contribution in [2.24, 2.45) is 5.92 Å². The Hall–Kier alpha value is -1.42. The lowest BCUT2D eigenvalue weighted by Gasteiger charge is -2.08. The van der Waals surface area contributed by atoms with E-state index in [0.29, 0.717) is 0 Å². The molecular formula is C15H19N3S. The molecule has 0 amide bonds. The highest BCUT2D eigenvalue weighted by Gasteiger charge is 2.14. The van der Waals surface area contributed by atoms with Crippen LogP contribution in [0.2, 0.25) is 0 Å². The van der Waals surface area contributed by atoms with Crippen LogP contribution in [0.4, 0.5) is 5.69 Å². The van der Waals surface area contributed by atoms with E-state index in [2.05, 4.69) is 52.6 Å². The Balaban J connectivity index is 1.54. The van der Waals surface area contributed by atoms with Crippen LogP contribution in [-0.4, -0.2) is 27.8 Å². The van der Waals surface area contributed by atoms with Crippen molar-refractivity contribution >= 4 is 17.4 Å². The van der Waals surface area contributed by atoms with E-state index in [9.17, 15) is 0 Å². The zero-order valence-corrected chi connectivity index (χ0v) is 11.8. The molecule has 0 radical (unpaired) electrons. The molecule has 1 aromatic carbocycles. The zero-order chi connectivity index (χ0) is 12.9. The molecule has 19 heavy (non-hydrogen) atoms. The molecule has 3 nitrogen and oxygen atoms in total. The van der Waals surface area contributed by atoms with Crippen molar-refractivity contribution in [3.8, 4) is 0 Å². The van der Waals surface area contributed by atoms with Crippen LogP contribution in [-0.2, 0) is 6.54 Å². The molecule has 1 aliphatic heterocycles. The van der Waals surface area contributed by atoms with Gasteiger partial charge in [-0.3, -0.25) is 4.68 Å². The van der Waals surface area contributed by atoms with E-state index in [4.69, 9.17) is 0 Å². The molecule has 1 unspecified atom stereocenters. The Bertz CT molecular complexity index is 503. The van der Waals surface area contributed by atoms with Crippen molar-refractivity contribution in [1.82, 2.24) is 9.78 Å². The summed E-state index contributed by atoms with van der Waals surface area (Å²) in [6.07, 6.45) is 5.36. The molecule has 2 aromatic rings. The number of hydrogen-bond donors (Lipinski definition) is 1. The van der Waals surface area contributed by atoms with Crippen molar-refractivity contribution < 1.29 is 0 Å². The van der Waals surface area contributed by atoms with Gasteiger partial charge in [0.1, 0.15) is 0 Å². The molecule has 1 aliphatic rings. The maximum atomic E-state index is 4.41. The Morgan fingerprint density at radius 3 is 3.00 bits per heavy atom. The van der Waals surface area contributed by atoms with Gasteiger partial charge < -0.3 is 5.32 Å². The molecule has 1 N–H and O–H groups in total. The van der Waals surface area contributed by atoms with Gasteiger partial charge in [-0.1, -0.05) is 30.3 Å². The fourth-order valence-corrected chi connectivity index (χ4v) is 3.60. The molecule has 0 saturated carbocycles. The van der Waals surface area contributed by atoms with Crippen LogP contribution < -0.4 is 5.32 Å². The number of benzene rings is 1. The second-order valence-electron chi connectivity index (χ2n) is 5.02. The van der Waals surface area contributed by atoms with Crippen molar-refractivity contribution in [3.05, 3.63) is 48.3 Å². The third-order valence-electron chi connectivity index (χ3n) is 3.44. The lowest BCUT2D eigenvalue weighted by Crippen LogP contribution is -2.12. The summed E-state index contributed by atoms with van der Waals surface area (Å²) in [4.78, 5) is 0. The first kappa shape index (κ1) is 12.6. The summed E-state index contributed by atoms with van der Waals surface area (Å²) in [6.45, 7) is 1.91. The highest BCUT2D eigenvalue weighted by molar-refractivity contribution is 7.99. The second-order valence-corrected chi connectivity index (χ2v) is 6.17. The summed E-state index contributed by atoms with van der Waals surface area (Å²) in [7, 11) is 0. The zero-order valence-electron chi connectivity index (χ0n) is 11.0. The van der Waals surface area contributed by atoms with Gasteiger partial charge in [0.05, 0.1) is 18.4 Å². The van der Waals surface area contributed by atoms with E-state index in [-0.39, 0.29) is 0 Å². The quantitative estimate of drug-likeness (QED) is 0.908. The molecule has 1 aromatic heterocycles. The van der Waals surface area contributed by atoms with Gasteiger partial charge in [0.25, 0.3) is 0 Å². The molecule has 1 atom stereocenters. The first-order valence-corrected chi connectivity index (χ1v) is 7.93. The SMILES string of the molecule is c1ccc(Cn2cc(NCC3CCSC3)cn2)cc1. The minimum atomic E-state index is 0.822. The first-order chi connectivity index (χ1) is 9.40. The van der Waals surface area contributed by atoms with Gasteiger partial charge in [-0.25, -0.2) is 0 Å². The summed E-state index contributed by atoms with van der Waals surface area (Å²) in [5.74, 6) is 3.44. The summed E-state index contributed by atoms with van der Waals surface area (Å²) in [5, 5.41) is 7.90. The summed E-state index contributed by atoms with van der Waals surface area (Å²) in [5.41, 5.74) is 2.41. The molecule has 1 saturated heterocycles. The number of thioether (sulfide) groups is 1. The predicted octanol–water partition coefficient (Wildman–Crippen LogP) is 3.10. The lowest BCUT2D eigenvalue weighted by atomic mass is 10.1. The Labute approximate surface area is 118 Å². The van der Waals surface area contributed by atoms with Crippen LogP contribution in [0.25, 0.3) is 0 Å². The number of aromatic nitrogens is 2. The molecule has 4 heteroatoms. The number of nitrogens with one attached hydrogen (secondary N) is 1. The van der Waals surface area contributed by atoms with E-state index in [1.807, 2.05) is 16.9 Å². The molecule has 0 spiro atoms. The number of anilines is 1. The third kappa shape index (κ3) is 3.53. The standard InChI is InChI=1S/C15H19N3S/c1-2-4-13(5-3-1)10-18-11-15(9-17-18)16-8-14-6-7-19-12-14/h1-5,9,11,14,16H,6-8,10,12H2. The van der Waals surface area contributed by atoms with E-state index in [0.717, 1.165) is 24.7 Å². The van der Waals surface area contributed by atoms with Gasteiger partial charge in [-0.15, -0.1) is 0 Å². The van der Waals surface area contributed by atoms with Crippen LogP contribution in [0.1, 0.15) is 12.0 Å². The Kier molecular flexibility index (Phi) is 4.08. The van der Waals surface area contributed by atoms with Crippen LogP contribution in [0.15, 0.2) is 42.7 Å². The number of nitrogens with zero attached hydrogens (tertiary/aromatic N) is 2. The van der Waals surface area contributed by atoms with Crippen molar-refractivity contribution in [3.63, 3.8) is 0 Å². The highest BCUT2D eigenvalue weighted by atomic mass is 32.2. The Morgan fingerprint density at radius 1 is 1.32 bits per heavy atom. The van der Waals surface area contributed by atoms with Gasteiger partial charge in [0.2, 0.25) is 0 Å². The molecule has 3 rings (SSSR count). The third-order valence-corrected chi connectivity index (χ3v) is 4.67. The molecule has 1 fully saturated rings. The fraction of sp³-hybridized carbons (Fsp3) is 0.400. The first-order valence-electron chi connectivity index (χ1n) is 6.78. The normalized spacial score (nSPS) is 18.6. The summed E-state index contributed by atoms with van der Waals surface area (Å²) in [6, 6.07) is 10.4. The monoisotopic (exact) mass is 273 g/mol. The van der Waals surface area contributed by atoms with Gasteiger partial charge in [0.15, 0.2) is 0 Å². The fourth-order valence-electron chi connectivity index (χ4n) is 2.32. The smallest absolute Gasteiger partial charge is 0.0726 e. The van der Waals surface area contributed by atoms with Crippen LogP contribution >= 0.6 is 11.8 Å². The molecular weight excluding hydrogens is 254 g/mol. The average molecular weight is 273 g/mol. The van der Waals surface area contributed by atoms with Crippen molar-refractivity contribution in [1.29, 1.82) is 0 Å². The van der Waals surface area contributed by atoms with E-state index in [1.165, 1.54) is 23.5 Å². The highest BCUT2D eigenvalue weighted by Crippen LogP contribution is 2.23. The van der Waals surface area contributed by atoms with Crippen LogP contribution in [0.3, 0.4) is 0 Å². The molecule has 100 valence electrons. The van der Waals surface area contributed by atoms with Crippen LogP contribution in [0, 0.1) is 5.92 Å². The minimum Gasteiger partial charge on any atom is -0.382 e.